The lowest BCUT2D eigenvalue weighted by molar-refractivity contribution is 0.00580. The Morgan fingerprint density at radius 1 is 0.625 bits per heavy atom. The van der Waals surface area contributed by atoms with Gasteiger partial charge in [0, 0.05) is 5.33 Å². The maximum Gasteiger partial charge on any atom is 0.0701 e. The fourth-order valence-electron chi connectivity index (χ4n) is 5.01. The molecule has 0 atom stereocenters. The molecule has 3 nitrogen and oxygen atoms in total. The summed E-state index contributed by atoms with van der Waals surface area (Å²) in [5.74, 6) is 1.46. The fraction of sp³-hybridized carbons (Fsp3) is 0.571. The molecule has 4 rings (SSSR count). The summed E-state index contributed by atoms with van der Waals surface area (Å²) in [5, 5.41) is 9.65. The van der Waals surface area contributed by atoms with E-state index in [1.54, 1.807) is 0 Å². The fourth-order valence-corrected chi connectivity index (χ4v) is 5.19. The maximum absolute atomic E-state index is 8.70. The summed E-state index contributed by atoms with van der Waals surface area (Å²) in [6, 6.07) is 21.6. The number of hydrogen-bond acceptors (Lipinski definition) is 3. The molecule has 0 bridgehead atoms. The SMILES string of the molecule is BrCCOC1CCC(c2ccccc2)CC1.OCCOC1CCC(c2ccccc2)CC1. The zero-order chi connectivity index (χ0) is 22.4. The first-order valence-electron chi connectivity index (χ1n) is 12.3. The number of hydrogen-bond donors (Lipinski definition) is 1. The van der Waals surface area contributed by atoms with E-state index in [9.17, 15) is 0 Å². The van der Waals surface area contributed by atoms with Crippen LogP contribution in [0.1, 0.15) is 74.3 Å². The quantitative estimate of drug-likeness (QED) is 0.401. The average Bonchev–Trinajstić information content (AvgIpc) is 2.88. The molecule has 2 aromatic carbocycles. The molecule has 0 spiro atoms. The van der Waals surface area contributed by atoms with Crippen LogP contribution in [0.2, 0.25) is 0 Å². The van der Waals surface area contributed by atoms with Crippen LogP contribution in [-0.4, -0.2) is 42.5 Å². The van der Waals surface area contributed by atoms with Gasteiger partial charge in [0.2, 0.25) is 0 Å². The van der Waals surface area contributed by atoms with Gasteiger partial charge in [-0.3, -0.25) is 0 Å². The van der Waals surface area contributed by atoms with Crippen LogP contribution < -0.4 is 0 Å². The summed E-state index contributed by atoms with van der Waals surface area (Å²) in [6.07, 6.45) is 10.5. The number of halogens is 1. The second-order valence-electron chi connectivity index (χ2n) is 8.92. The van der Waals surface area contributed by atoms with Crippen molar-refractivity contribution < 1.29 is 14.6 Å². The lowest BCUT2D eigenvalue weighted by Crippen LogP contribution is -2.22. The Labute approximate surface area is 202 Å². The van der Waals surface area contributed by atoms with E-state index in [0.717, 1.165) is 30.7 Å². The molecule has 32 heavy (non-hydrogen) atoms. The van der Waals surface area contributed by atoms with E-state index in [1.807, 2.05) is 0 Å². The minimum Gasteiger partial charge on any atom is -0.394 e. The molecule has 0 heterocycles. The minimum atomic E-state index is 0.138. The molecular formula is C28H39BrO3. The van der Waals surface area contributed by atoms with Gasteiger partial charge in [-0.15, -0.1) is 0 Å². The second-order valence-corrected chi connectivity index (χ2v) is 9.72. The average molecular weight is 504 g/mol. The molecule has 176 valence electrons. The number of rotatable bonds is 8. The predicted octanol–water partition coefficient (Wildman–Crippen LogP) is 6.85. The highest BCUT2D eigenvalue weighted by atomic mass is 79.9. The van der Waals surface area contributed by atoms with E-state index >= 15 is 0 Å². The van der Waals surface area contributed by atoms with E-state index in [0.29, 0.717) is 24.7 Å². The molecule has 0 aliphatic heterocycles. The van der Waals surface area contributed by atoms with E-state index in [-0.39, 0.29) is 6.61 Å². The highest BCUT2D eigenvalue weighted by molar-refractivity contribution is 9.09. The number of aliphatic hydroxyl groups is 1. The van der Waals surface area contributed by atoms with Crippen molar-refractivity contribution >= 4 is 15.9 Å². The van der Waals surface area contributed by atoms with Crippen molar-refractivity contribution in [1.29, 1.82) is 0 Å². The van der Waals surface area contributed by atoms with Crippen LogP contribution in [-0.2, 0) is 9.47 Å². The molecule has 0 aromatic heterocycles. The molecular weight excluding hydrogens is 464 g/mol. The highest BCUT2D eigenvalue weighted by Crippen LogP contribution is 2.34. The van der Waals surface area contributed by atoms with Crippen LogP contribution in [0.3, 0.4) is 0 Å². The molecule has 0 unspecified atom stereocenters. The van der Waals surface area contributed by atoms with Gasteiger partial charge in [0.1, 0.15) is 0 Å². The van der Waals surface area contributed by atoms with E-state index in [4.69, 9.17) is 14.6 Å². The van der Waals surface area contributed by atoms with Crippen LogP contribution in [0, 0.1) is 0 Å². The third kappa shape index (κ3) is 8.62. The van der Waals surface area contributed by atoms with Gasteiger partial charge in [0.25, 0.3) is 0 Å². The number of ether oxygens (including phenoxy) is 2. The van der Waals surface area contributed by atoms with Gasteiger partial charge >= 0.3 is 0 Å². The normalized spacial score (nSPS) is 25.6. The van der Waals surface area contributed by atoms with Gasteiger partial charge < -0.3 is 14.6 Å². The Morgan fingerprint density at radius 2 is 1.03 bits per heavy atom. The number of alkyl halides is 1. The summed E-state index contributed by atoms with van der Waals surface area (Å²) < 4.78 is 11.3. The van der Waals surface area contributed by atoms with Gasteiger partial charge in [0.05, 0.1) is 32.0 Å². The van der Waals surface area contributed by atoms with Crippen molar-refractivity contribution in [1.82, 2.24) is 0 Å². The first-order chi connectivity index (χ1) is 15.8. The van der Waals surface area contributed by atoms with Gasteiger partial charge in [-0.25, -0.2) is 0 Å². The number of benzene rings is 2. The van der Waals surface area contributed by atoms with Crippen molar-refractivity contribution in [3.05, 3.63) is 71.8 Å². The van der Waals surface area contributed by atoms with Gasteiger partial charge in [0.15, 0.2) is 0 Å². The smallest absolute Gasteiger partial charge is 0.0701 e. The molecule has 2 aliphatic carbocycles. The van der Waals surface area contributed by atoms with E-state index < -0.39 is 0 Å². The van der Waals surface area contributed by atoms with Crippen LogP contribution in [0.4, 0.5) is 0 Å². The molecule has 4 heteroatoms. The molecule has 0 amide bonds. The minimum absolute atomic E-state index is 0.138. The molecule has 1 N–H and O–H groups in total. The van der Waals surface area contributed by atoms with Crippen LogP contribution in [0.25, 0.3) is 0 Å². The summed E-state index contributed by atoms with van der Waals surface area (Å²) in [4.78, 5) is 0. The summed E-state index contributed by atoms with van der Waals surface area (Å²) in [6.45, 7) is 1.47. The van der Waals surface area contributed by atoms with Crippen LogP contribution >= 0.6 is 15.9 Å². The molecule has 2 fully saturated rings. The molecule has 2 saturated carbocycles. The molecule has 2 aromatic rings. The molecule has 2 aliphatic rings. The zero-order valence-electron chi connectivity index (χ0n) is 19.2. The topological polar surface area (TPSA) is 38.7 Å². The number of aliphatic hydroxyl groups excluding tert-OH is 1. The Hall–Kier alpha value is -1.20. The van der Waals surface area contributed by atoms with Gasteiger partial charge in [-0.05, 0) is 74.3 Å². The third-order valence-corrected chi connectivity index (χ3v) is 7.09. The third-order valence-electron chi connectivity index (χ3n) is 6.77. The zero-order valence-corrected chi connectivity index (χ0v) is 20.8. The van der Waals surface area contributed by atoms with Crippen molar-refractivity contribution in [3.63, 3.8) is 0 Å². The Balaban J connectivity index is 0.000000181. The van der Waals surface area contributed by atoms with Crippen molar-refractivity contribution in [2.45, 2.75) is 75.4 Å². The van der Waals surface area contributed by atoms with Gasteiger partial charge in [-0.1, -0.05) is 76.6 Å². The first-order valence-corrected chi connectivity index (χ1v) is 13.4. The Morgan fingerprint density at radius 3 is 1.41 bits per heavy atom. The summed E-state index contributed by atoms with van der Waals surface area (Å²) >= 11 is 3.40. The first kappa shape index (κ1) is 25.4. The maximum atomic E-state index is 8.70. The molecule has 0 radical (unpaired) electrons. The van der Waals surface area contributed by atoms with Crippen molar-refractivity contribution in [3.8, 4) is 0 Å². The van der Waals surface area contributed by atoms with Gasteiger partial charge in [-0.2, -0.15) is 0 Å². The van der Waals surface area contributed by atoms with Crippen molar-refractivity contribution in [2.24, 2.45) is 0 Å². The lowest BCUT2D eigenvalue weighted by atomic mass is 9.83. The second kappa shape index (κ2) is 14.8. The molecule has 0 saturated heterocycles. The summed E-state index contributed by atoms with van der Waals surface area (Å²) in [7, 11) is 0. The van der Waals surface area contributed by atoms with Crippen LogP contribution in [0.15, 0.2) is 60.7 Å². The predicted molar refractivity (Wildman–Crippen MR) is 136 cm³/mol. The lowest BCUT2D eigenvalue weighted by Gasteiger charge is -2.28. The van der Waals surface area contributed by atoms with Crippen molar-refractivity contribution in [2.75, 3.05) is 25.2 Å². The Bertz CT molecular complexity index is 644. The Kier molecular flexibility index (Phi) is 11.8. The van der Waals surface area contributed by atoms with Crippen LogP contribution in [0.5, 0.6) is 0 Å². The summed E-state index contributed by atoms with van der Waals surface area (Å²) in [5.41, 5.74) is 2.96. The van der Waals surface area contributed by atoms with E-state index in [1.165, 1.54) is 49.7 Å². The highest BCUT2D eigenvalue weighted by Gasteiger charge is 2.23. The largest absolute Gasteiger partial charge is 0.394 e. The monoisotopic (exact) mass is 502 g/mol. The standard InChI is InChI=1S/C14H19BrO.C14H20O2/c2*15-10-11-16-14-8-6-13(7-9-14)12-4-2-1-3-5-12/h1-5,13-14H,6-11H2;1-5,13-15H,6-11H2. The van der Waals surface area contributed by atoms with E-state index in [2.05, 4.69) is 76.6 Å².